The fraction of sp³-hybridized carbons (Fsp3) is 0.125. The lowest BCUT2D eigenvalue weighted by Crippen LogP contribution is -2.02. The van der Waals surface area contributed by atoms with Gasteiger partial charge in [-0.25, -0.2) is 4.39 Å². The summed E-state index contributed by atoms with van der Waals surface area (Å²) in [5.41, 5.74) is 2.13. The fourth-order valence-electron chi connectivity index (χ4n) is 2.11. The van der Waals surface area contributed by atoms with Gasteiger partial charge in [-0.15, -0.1) is 0 Å². The number of nitriles is 1. The Morgan fingerprint density at radius 2 is 2.05 bits per heavy atom. The first-order valence-electron chi connectivity index (χ1n) is 5.95. The van der Waals surface area contributed by atoms with Crippen molar-refractivity contribution in [3.05, 3.63) is 57.9 Å². The monoisotopic (exact) mass is 287 g/mol. The Labute approximate surface area is 121 Å². The van der Waals surface area contributed by atoms with E-state index in [2.05, 4.69) is 6.07 Å². The summed E-state index contributed by atoms with van der Waals surface area (Å²) >= 11 is 6.06. The second kappa shape index (κ2) is 5.44. The molecule has 0 amide bonds. The van der Waals surface area contributed by atoms with Gasteiger partial charge in [0.05, 0.1) is 5.56 Å². The lowest BCUT2D eigenvalue weighted by molar-refractivity contribution is 0.101. The zero-order valence-electron chi connectivity index (χ0n) is 11.0. The maximum Gasteiger partial charge on any atom is 0.160 e. The molecular weight excluding hydrogens is 277 g/mol. The van der Waals surface area contributed by atoms with Crippen molar-refractivity contribution in [3.8, 4) is 17.2 Å². The van der Waals surface area contributed by atoms with Gasteiger partial charge in [-0.3, -0.25) is 4.79 Å². The van der Waals surface area contributed by atoms with Crippen LogP contribution in [0, 0.1) is 24.1 Å². The molecule has 0 bridgehead atoms. The molecule has 0 unspecified atom stereocenters. The highest BCUT2D eigenvalue weighted by Crippen LogP contribution is 2.34. The molecule has 0 heterocycles. The number of carbonyl (C=O) groups excluding carboxylic acids is 1. The van der Waals surface area contributed by atoms with E-state index in [9.17, 15) is 14.4 Å². The second-order valence-electron chi connectivity index (χ2n) is 4.46. The van der Waals surface area contributed by atoms with Crippen LogP contribution in [0.4, 0.5) is 4.39 Å². The number of hydrogen-bond acceptors (Lipinski definition) is 2. The molecule has 0 saturated heterocycles. The van der Waals surface area contributed by atoms with Crippen molar-refractivity contribution in [3.63, 3.8) is 0 Å². The van der Waals surface area contributed by atoms with Gasteiger partial charge in [0.1, 0.15) is 11.9 Å². The molecule has 2 aromatic rings. The van der Waals surface area contributed by atoms with Crippen LogP contribution in [0.1, 0.15) is 28.4 Å². The molecule has 0 aliphatic rings. The Kier molecular flexibility index (Phi) is 3.87. The predicted octanol–water partition coefficient (Wildman–Crippen LogP) is 4.53. The van der Waals surface area contributed by atoms with Crippen LogP contribution in [-0.2, 0) is 0 Å². The maximum absolute atomic E-state index is 13.4. The minimum absolute atomic E-state index is 0.220. The summed E-state index contributed by atoms with van der Waals surface area (Å²) in [7, 11) is 0. The molecule has 0 N–H and O–H groups in total. The topological polar surface area (TPSA) is 40.9 Å². The molecule has 0 spiro atoms. The highest BCUT2D eigenvalue weighted by molar-refractivity contribution is 6.32. The van der Waals surface area contributed by atoms with E-state index in [0.717, 1.165) is 0 Å². The largest absolute Gasteiger partial charge is 0.294 e. The average molecular weight is 288 g/mol. The van der Waals surface area contributed by atoms with Crippen LogP contribution in [0.15, 0.2) is 30.3 Å². The molecular formula is C16H11ClFNO. The molecule has 4 heteroatoms. The number of carbonyl (C=O) groups is 1. The van der Waals surface area contributed by atoms with Crippen LogP contribution in [0.3, 0.4) is 0 Å². The van der Waals surface area contributed by atoms with E-state index >= 15 is 0 Å². The normalized spacial score (nSPS) is 10.2. The highest BCUT2D eigenvalue weighted by atomic mass is 35.5. The lowest BCUT2D eigenvalue weighted by Gasteiger charge is -2.13. The van der Waals surface area contributed by atoms with Crippen molar-refractivity contribution in [2.24, 2.45) is 0 Å². The summed E-state index contributed by atoms with van der Waals surface area (Å²) in [4.78, 5) is 11.8. The SMILES string of the molecule is CC(=O)c1cc(Cl)c(C)c(C#N)c1-c1cccc(F)c1. The molecule has 0 aromatic heterocycles. The first kappa shape index (κ1) is 14.2. The number of halogens is 2. The highest BCUT2D eigenvalue weighted by Gasteiger charge is 2.19. The summed E-state index contributed by atoms with van der Waals surface area (Å²) in [5, 5.41) is 9.70. The van der Waals surface area contributed by atoms with Crippen molar-refractivity contribution in [1.29, 1.82) is 5.26 Å². The van der Waals surface area contributed by atoms with Gasteiger partial charge in [0.25, 0.3) is 0 Å². The summed E-state index contributed by atoms with van der Waals surface area (Å²) < 4.78 is 13.4. The zero-order chi connectivity index (χ0) is 14.9. The Morgan fingerprint density at radius 1 is 1.35 bits per heavy atom. The van der Waals surface area contributed by atoms with E-state index in [4.69, 9.17) is 11.6 Å². The summed E-state index contributed by atoms with van der Waals surface area (Å²) in [6.07, 6.45) is 0. The maximum atomic E-state index is 13.4. The summed E-state index contributed by atoms with van der Waals surface area (Å²) in [6.45, 7) is 3.10. The standard InChI is InChI=1S/C16H11ClFNO/c1-9-14(8-19)16(11-4-3-5-12(18)6-11)13(10(2)20)7-15(9)17/h3-7H,1-2H3. The van der Waals surface area contributed by atoms with Gasteiger partial charge in [-0.05, 0) is 43.2 Å². The molecule has 0 aliphatic heterocycles. The Bertz CT molecular complexity index is 747. The Hall–Kier alpha value is -2.18. The fourth-order valence-corrected chi connectivity index (χ4v) is 2.31. The van der Waals surface area contributed by atoms with Crippen LogP contribution < -0.4 is 0 Å². The van der Waals surface area contributed by atoms with Crippen molar-refractivity contribution in [2.45, 2.75) is 13.8 Å². The molecule has 2 nitrogen and oxygen atoms in total. The van der Waals surface area contributed by atoms with Crippen LogP contribution in [0.2, 0.25) is 5.02 Å². The van der Waals surface area contributed by atoms with Crippen LogP contribution >= 0.6 is 11.6 Å². The molecule has 20 heavy (non-hydrogen) atoms. The third-order valence-electron chi connectivity index (χ3n) is 3.13. The van der Waals surface area contributed by atoms with E-state index < -0.39 is 5.82 Å². The van der Waals surface area contributed by atoms with Crippen LogP contribution in [0.25, 0.3) is 11.1 Å². The second-order valence-corrected chi connectivity index (χ2v) is 4.87. The molecule has 0 radical (unpaired) electrons. The van der Waals surface area contributed by atoms with E-state index in [1.54, 1.807) is 19.1 Å². The van der Waals surface area contributed by atoms with Crippen molar-refractivity contribution < 1.29 is 9.18 Å². The number of Topliss-reactive ketones (excluding diaryl/α,β-unsaturated/α-hetero) is 1. The summed E-state index contributed by atoms with van der Waals surface area (Å²) in [5.74, 6) is -0.642. The number of rotatable bonds is 2. The van der Waals surface area contributed by atoms with Gasteiger partial charge in [-0.2, -0.15) is 5.26 Å². The average Bonchev–Trinajstić information content (AvgIpc) is 2.40. The van der Waals surface area contributed by atoms with E-state index in [0.29, 0.717) is 32.8 Å². The Balaban J connectivity index is 2.90. The molecule has 100 valence electrons. The van der Waals surface area contributed by atoms with Gasteiger partial charge in [0.2, 0.25) is 0 Å². The smallest absolute Gasteiger partial charge is 0.160 e. The van der Waals surface area contributed by atoms with E-state index in [1.807, 2.05) is 0 Å². The number of nitrogens with zero attached hydrogens (tertiary/aromatic N) is 1. The minimum atomic E-state index is -0.423. The minimum Gasteiger partial charge on any atom is -0.294 e. The lowest BCUT2D eigenvalue weighted by atomic mass is 9.90. The van der Waals surface area contributed by atoms with E-state index in [1.165, 1.54) is 25.1 Å². The Morgan fingerprint density at radius 3 is 2.60 bits per heavy atom. The van der Waals surface area contributed by atoms with Gasteiger partial charge < -0.3 is 0 Å². The zero-order valence-corrected chi connectivity index (χ0v) is 11.8. The third kappa shape index (κ3) is 2.43. The number of ketones is 1. The van der Waals surface area contributed by atoms with Crippen LogP contribution in [0.5, 0.6) is 0 Å². The van der Waals surface area contributed by atoms with Gasteiger partial charge in [0, 0.05) is 16.1 Å². The predicted molar refractivity (Wildman–Crippen MR) is 76.3 cm³/mol. The molecule has 0 atom stereocenters. The van der Waals surface area contributed by atoms with Gasteiger partial charge in [0.15, 0.2) is 5.78 Å². The van der Waals surface area contributed by atoms with Gasteiger partial charge >= 0.3 is 0 Å². The van der Waals surface area contributed by atoms with Crippen molar-refractivity contribution in [1.82, 2.24) is 0 Å². The third-order valence-corrected chi connectivity index (χ3v) is 3.52. The van der Waals surface area contributed by atoms with Crippen molar-refractivity contribution >= 4 is 17.4 Å². The molecule has 0 aliphatic carbocycles. The van der Waals surface area contributed by atoms with E-state index in [-0.39, 0.29) is 5.78 Å². The molecule has 2 aromatic carbocycles. The van der Waals surface area contributed by atoms with Crippen molar-refractivity contribution in [2.75, 3.05) is 0 Å². The van der Waals surface area contributed by atoms with Crippen LogP contribution in [-0.4, -0.2) is 5.78 Å². The number of hydrogen-bond donors (Lipinski definition) is 0. The first-order valence-corrected chi connectivity index (χ1v) is 6.33. The number of benzene rings is 2. The summed E-state index contributed by atoms with van der Waals surface area (Å²) in [6, 6.07) is 9.41. The molecule has 0 fully saturated rings. The molecule has 2 rings (SSSR count). The van der Waals surface area contributed by atoms with Gasteiger partial charge in [-0.1, -0.05) is 23.7 Å². The quantitative estimate of drug-likeness (QED) is 0.762. The molecule has 0 saturated carbocycles. The first-order chi connectivity index (χ1) is 9.45.